The van der Waals surface area contributed by atoms with E-state index in [9.17, 15) is 4.79 Å². The third-order valence-corrected chi connectivity index (χ3v) is 3.62. The quantitative estimate of drug-likeness (QED) is 0.823. The summed E-state index contributed by atoms with van der Waals surface area (Å²) in [5.41, 5.74) is 6.62. The molecule has 1 heterocycles. The van der Waals surface area contributed by atoms with Crippen LogP contribution in [-0.2, 0) is 16.0 Å². The van der Waals surface area contributed by atoms with E-state index in [0.29, 0.717) is 26.1 Å². The first-order valence-corrected chi connectivity index (χ1v) is 6.98. The van der Waals surface area contributed by atoms with Crippen LogP contribution in [0.1, 0.15) is 5.56 Å². The molecule has 116 valence electrons. The molecule has 1 aliphatic rings. The van der Waals surface area contributed by atoms with Crippen molar-refractivity contribution in [1.82, 2.24) is 4.90 Å². The van der Waals surface area contributed by atoms with Crippen molar-refractivity contribution in [2.45, 2.75) is 12.5 Å². The van der Waals surface area contributed by atoms with Crippen LogP contribution in [0, 0.1) is 0 Å². The van der Waals surface area contributed by atoms with Crippen LogP contribution in [0.2, 0.25) is 0 Å². The minimum absolute atomic E-state index is 0.00145. The molecule has 0 bridgehead atoms. The number of methoxy groups -OCH3 is 2. The molecule has 2 rings (SSSR count). The number of carbonyl (C=O) groups is 1. The van der Waals surface area contributed by atoms with Crippen LogP contribution >= 0.6 is 0 Å². The molecule has 1 amide bonds. The van der Waals surface area contributed by atoms with Crippen LogP contribution < -0.4 is 15.2 Å². The van der Waals surface area contributed by atoms with Gasteiger partial charge in [0, 0.05) is 19.6 Å². The molecule has 21 heavy (non-hydrogen) atoms. The van der Waals surface area contributed by atoms with Crippen molar-refractivity contribution >= 4 is 5.91 Å². The zero-order valence-electron chi connectivity index (χ0n) is 12.5. The normalized spacial score (nSPS) is 18.7. The first-order chi connectivity index (χ1) is 10.2. The Morgan fingerprint density at radius 3 is 2.86 bits per heavy atom. The topological polar surface area (TPSA) is 74.0 Å². The highest BCUT2D eigenvalue weighted by Gasteiger charge is 2.25. The van der Waals surface area contributed by atoms with Crippen molar-refractivity contribution < 1.29 is 19.0 Å². The Morgan fingerprint density at radius 1 is 1.38 bits per heavy atom. The Balaban J connectivity index is 2.02. The zero-order chi connectivity index (χ0) is 15.2. The molecule has 1 atom stereocenters. The highest BCUT2D eigenvalue weighted by atomic mass is 16.5. The van der Waals surface area contributed by atoms with Gasteiger partial charge in [0.05, 0.1) is 20.3 Å². The summed E-state index contributed by atoms with van der Waals surface area (Å²) in [6, 6.07) is 5.66. The van der Waals surface area contributed by atoms with Crippen molar-refractivity contribution in [3.8, 4) is 11.5 Å². The Kier molecular flexibility index (Phi) is 5.41. The van der Waals surface area contributed by atoms with E-state index < -0.39 is 0 Å². The van der Waals surface area contributed by atoms with Gasteiger partial charge in [-0.25, -0.2) is 0 Å². The molecule has 6 nitrogen and oxygen atoms in total. The Hall–Kier alpha value is -1.79. The third kappa shape index (κ3) is 3.86. The molecule has 0 radical (unpaired) electrons. The number of amides is 1. The van der Waals surface area contributed by atoms with Gasteiger partial charge in [0.2, 0.25) is 5.91 Å². The Labute approximate surface area is 124 Å². The monoisotopic (exact) mass is 294 g/mol. The molecule has 0 aromatic heterocycles. The van der Waals surface area contributed by atoms with Gasteiger partial charge in [0.15, 0.2) is 0 Å². The summed E-state index contributed by atoms with van der Waals surface area (Å²) in [6.45, 7) is 1.69. The number of nitrogens with two attached hydrogens (primary N) is 1. The third-order valence-electron chi connectivity index (χ3n) is 3.62. The number of hydrogen-bond donors (Lipinski definition) is 1. The van der Waals surface area contributed by atoms with Crippen molar-refractivity contribution in [1.29, 1.82) is 0 Å². The average molecular weight is 294 g/mol. The van der Waals surface area contributed by atoms with Crippen molar-refractivity contribution in [2.24, 2.45) is 5.73 Å². The van der Waals surface area contributed by atoms with Crippen LogP contribution in [0.25, 0.3) is 0 Å². The van der Waals surface area contributed by atoms with Crippen LogP contribution in [-0.4, -0.2) is 57.4 Å². The summed E-state index contributed by atoms with van der Waals surface area (Å²) in [5, 5.41) is 0. The van der Waals surface area contributed by atoms with E-state index in [-0.39, 0.29) is 18.6 Å². The van der Waals surface area contributed by atoms with Crippen molar-refractivity contribution in [2.75, 3.05) is 40.5 Å². The summed E-state index contributed by atoms with van der Waals surface area (Å²) < 4.78 is 15.9. The maximum Gasteiger partial charge on any atom is 0.248 e. The van der Waals surface area contributed by atoms with Crippen LogP contribution in [0.5, 0.6) is 11.5 Å². The van der Waals surface area contributed by atoms with Gasteiger partial charge in [0.25, 0.3) is 0 Å². The fourth-order valence-corrected chi connectivity index (χ4v) is 2.37. The minimum atomic E-state index is -0.0742. The van der Waals surface area contributed by atoms with Gasteiger partial charge in [-0.05, 0) is 30.2 Å². The lowest BCUT2D eigenvalue weighted by Gasteiger charge is -2.32. The number of benzene rings is 1. The highest BCUT2D eigenvalue weighted by molar-refractivity contribution is 5.78. The summed E-state index contributed by atoms with van der Waals surface area (Å²) in [5.74, 6) is 1.58. The molecule has 0 saturated carbocycles. The average Bonchev–Trinajstić information content (AvgIpc) is 2.53. The van der Waals surface area contributed by atoms with E-state index in [1.807, 2.05) is 18.2 Å². The zero-order valence-corrected chi connectivity index (χ0v) is 12.5. The summed E-state index contributed by atoms with van der Waals surface area (Å²) in [4.78, 5) is 13.7. The lowest BCUT2D eigenvalue weighted by molar-refractivity contribution is -0.148. The van der Waals surface area contributed by atoms with E-state index >= 15 is 0 Å². The number of rotatable bonds is 6. The van der Waals surface area contributed by atoms with Crippen LogP contribution in [0.3, 0.4) is 0 Å². The van der Waals surface area contributed by atoms with Gasteiger partial charge < -0.3 is 24.8 Å². The Morgan fingerprint density at radius 2 is 2.19 bits per heavy atom. The molecule has 0 spiro atoms. The number of carbonyl (C=O) groups excluding carboxylic acids is 1. The van der Waals surface area contributed by atoms with Gasteiger partial charge in [-0.15, -0.1) is 0 Å². The predicted octanol–water partition coefficient (Wildman–Crippen LogP) is 0.432. The summed E-state index contributed by atoms with van der Waals surface area (Å²) in [6.07, 6.45) is 0.624. The fourth-order valence-electron chi connectivity index (χ4n) is 2.37. The molecule has 1 aromatic rings. The van der Waals surface area contributed by atoms with E-state index in [4.69, 9.17) is 19.9 Å². The largest absolute Gasteiger partial charge is 0.497 e. The molecular weight excluding hydrogens is 272 g/mol. The second kappa shape index (κ2) is 7.28. The lowest BCUT2D eigenvalue weighted by Crippen LogP contribution is -2.49. The van der Waals surface area contributed by atoms with Crippen LogP contribution in [0.4, 0.5) is 0 Å². The van der Waals surface area contributed by atoms with E-state index in [1.165, 1.54) is 0 Å². The van der Waals surface area contributed by atoms with Gasteiger partial charge in [-0.2, -0.15) is 0 Å². The first-order valence-electron chi connectivity index (χ1n) is 6.98. The smallest absolute Gasteiger partial charge is 0.248 e. The SMILES string of the molecule is COc1ccc(OC)c(CCN2CC(CN)OCC2=O)c1. The molecule has 1 aliphatic heterocycles. The maximum atomic E-state index is 11.9. The van der Waals surface area contributed by atoms with Gasteiger partial charge >= 0.3 is 0 Å². The molecule has 6 heteroatoms. The second-order valence-corrected chi connectivity index (χ2v) is 4.94. The molecular formula is C15H22N2O4. The highest BCUT2D eigenvalue weighted by Crippen LogP contribution is 2.24. The number of hydrogen-bond acceptors (Lipinski definition) is 5. The van der Waals surface area contributed by atoms with Gasteiger partial charge in [0.1, 0.15) is 18.1 Å². The number of nitrogens with zero attached hydrogens (tertiary/aromatic N) is 1. The van der Waals surface area contributed by atoms with Crippen molar-refractivity contribution in [3.63, 3.8) is 0 Å². The van der Waals surface area contributed by atoms with Gasteiger partial charge in [-0.1, -0.05) is 0 Å². The standard InChI is InChI=1S/C15H22N2O4/c1-19-12-3-4-14(20-2)11(7-12)5-6-17-9-13(8-16)21-10-15(17)18/h3-4,7,13H,5-6,8-10,16H2,1-2H3. The summed E-state index contributed by atoms with van der Waals surface area (Å²) in [7, 11) is 3.26. The molecule has 2 N–H and O–H groups in total. The molecule has 1 saturated heterocycles. The van der Waals surface area contributed by atoms with E-state index in [2.05, 4.69) is 0 Å². The second-order valence-electron chi connectivity index (χ2n) is 4.94. The van der Waals surface area contributed by atoms with E-state index in [0.717, 1.165) is 17.1 Å². The number of morpholine rings is 1. The first kappa shape index (κ1) is 15.6. The molecule has 0 aliphatic carbocycles. The molecule has 1 unspecified atom stereocenters. The van der Waals surface area contributed by atoms with E-state index in [1.54, 1.807) is 19.1 Å². The fraction of sp³-hybridized carbons (Fsp3) is 0.533. The van der Waals surface area contributed by atoms with Crippen molar-refractivity contribution in [3.05, 3.63) is 23.8 Å². The number of ether oxygens (including phenoxy) is 3. The minimum Gasteiger partial charge on any atom is -0.497 e. The van der Waals surface area contributed by atoms with Crippen LogP contribution in [0.15, 0.2) is 18.2 Å². The Bertz CT molecular complexity index is 493. The predicted molar refractivity (Wildman–Crippen MR) is 78.6 cm³/mol. The lowest BCUT2D eigenvalue weighted by atomic mass is 10.1. The summed E-state index contributed by atoms with van der Waals surface area (Å²) >= 11 is 0. The molecule has 1 aromatic carbocycles. The maximum absolute atomic E-state index is 11.9. The molecule has 1 fully saturated rings. The van der Waals surface area contributed by atoms with Gasteiger partial charge in [-0.3, -0.25) is 4.79 Å².